The molecule has 1 aromatic rings. The molecule has 0 aliphatic carbocycles. The molecule has 0 radical (unpaired) electrons. The minimum atomic E-state index is -3.00. The number of amides is 1. The summed E-state index contributed by atoms with van der Waals surface area (Å²) < 4.78 is 28.6. The molecule has 0 bridgehead atoms. The summed E-state index contributed by atoms with van der Waals surface area (Å²) in [4.78, 5) is 14.3. The third-order valence-corrected chi connectivity index (χ3v) is 6.21. The van der Waals surface area contributed by atoms with Crippen molar-refractivity contribution in [2.75, 3.05) is 25.2 Å². The first kappa shape index (κ1) is 19.5. The van der Waals surface area contributed by atoms with Crippen LogP contribution in [0.4, 0.5) is 0 Å². The average molecular weight is 365 g/mol. The summed E-state index contributed by atoms with van der Waals surface area (Å²) in [5.41, 5.74) is 1.09. The van der Waals surface area contributed by atoms with E-state index in [1.165, 1.54) is 0 Å². The van der Waals surface area contributed by atoms with Crippen LogP contribution in [0.3, 0.4) is 0 Å². The van der Waals surface area contributed by atoms with Crippen LogP contribution in [0.25, 0.3) is 0 Å². The van der Waals surface area contributed by atoms with Crippen LogP contribution in [-0.2, 0) is 21.1 Å². The number of hydrogen-bond acceptors (Lipinski definition) is 4. The van der Waals surface area contributed by atoms with Crippen LogP contribution >= 0.6 is 0 Å². The first-order valence-corrected chi connectivity index (χ1v) is 10.6. The molecule has 1 fully saturated rings. The third-order valence-electron chi connectivity index (χ3n) is 4.46. The van der Waals surface area contributed by atoms with Crippen molar-refractivity contribution in [3.05, 3.63) is 42.0 Å². The largest absolute Gasteiger partial charge is 0.497 e. The number of carbonyl (C=O) groups excluding carboxylic acids is 1. The van der Waals surface area contributed by atoms with Gasteiger partial charge in [0.05, 0.1) is 18.6 Å². The van der Waals surface area contributed by atoms with Gasteiger partial charge < -0.3 is 9.64 Å². The number of sulfone groups is 1. The number of carbonyl (C=O) groups is 1. The van der Waals surface area contributed by atoms with Gasteiger partial charge in [0.1, 0.15) is 5.75 Å². The Bertz CT molecular complexity index is 695. The first-order valence-electron chi connectivity index (χ1n) is 8.75. The Morgan fingerprint density at radius 3 is 2.60 bits per heavy atom. The molecule has 6 heteroatoms. The molecule has 1 aliphatic heterocycles. The van der Waals surface area contributed by atoms with Gasteiger partial charge in [-0.2, -0.15) is 0 Å². The molecule has 0 saturated carbocycles. The van der Waals surface area contributed by atoms with Crippen LogP contribution in [0.2, 0.25) is 0 Å². The van der Waals surface area contributed by atoms with Crippen LogP contribution in [0.5, 0.6) is 5.75 Å². The second kappa shape index (κ2) is 9.04. The van der Waals surface area contributed by atoms with Crippen LogP contribution in [0.15, 0.2) is 36.4 Å². The SMILES string of the molecule is CCCCN(C(=O)C=CCc1ccc(OC)cc1)C1CCS(=O)(=O)C1. The average Bonchev–Trinajstić information content (AvgIpc) is 2.95. The molecule has 1 saturated heterocycles. The van der Waals surface area contributed by atoms with Crippen LogP contribution in [-0.4, -0.2) is 50.4 Å². The van der Waals surface area contributed by atoms with Crippen LogP contribution in [0, 0.1) is 0 Å². The van der Waals surface area contributed by atoms with Gasteiger partial charge >= 0.3 is 0 Å². The van der Waals surface area contributed by atoms with Gasteiger partial charge in [0.15, 0.2) is 9.84 Å². The number of hydrogen-bond donors (Lipinski definition) is 0. The highest BCUT2D eigenvalue weighted by molar-refractivity contribution is 7.91. The normalized spacial score (nSPS) is 19.2. The van der Waals surface area contributed by atoms with E-state index in [2.05, 4.69) is 6.92 Å². The van der Waals surface area contributed by atoms with Crippen LogP contribution in [0.1, 0.15) is 31.7 Å². The maximum Gasteiger partial charge on any atom is 0.246 e. The van der Waals surface area contributed by atoms with Gasteiger partial charge in [-0.05, 0) is 43.0 Å². The molecular weight excluding hydrogens is 338 g/mol. The fourth-order valence-electron chi connectivity index (χ4n) is 2.98. The molecule has 2 rings (SSSR count). The maximum atomic E-state index is 12.6. The summed E-state index contributed by atoms with van der Waals surface area (Å²) in [6.07, 6.45) is 6.47. The van der Waals surface area contributed by atoms with E-state index in [4.69, 9.17) is 4.74 Å². The van der Waals surface area contributed by atoms with Crippen molar-refractivity contribution in [1.82, 2.24) is 4.90 Å². The van der Waals surface area contributed by atoms with Crippen molar-refractivity contribution >= 4 is 15.7 Å². The van der Waals surface area contributed by atoms with E-state index in [-0.39, 0.29) is 23.5 Å². The third kappa shape index (κ3) is 5.88. The summed E-state index contributed by atoms with van der Waals surface area (Å²) in [6.45, 7) is 2.68. The van der Waals surface area contributed by atoms with Crippen molar-refractivity contribution in [3.63, 3.8) is 0 Å². The predicted octanol–water partition coefficient (Wildman–Crippen LogP) is 2.61. The van der Waals surface area contributed by atoms with E-state index in [1.54, 1.807) is 18.1 Å². The lowest BCUT2D eigenvalue weighted by molar-refractivity contribution is -0.127. The Labute approximate surface area is 150 Å². The molecule has 1 heterocycles. The van der Waals surface area contributed by atoms with Crippen molar-refractivity contribution in [2.24, 2.45) is 0 Å². The summed E-state index contributed by atoms with van der Waals surface area (Å²) in [5, 5.41) is 0. The second-order valence-corrected chi connectivity index (χ2v) is 8.63. The smallest absolute Gasteiger partial charge is 0.246 e. The van der Waals surface area contributed by atoms with Gasteiger partial charge in [0, 0.05) is 12.6 Å². The highest BCUT2D eigenvalue weighted by atomic mass is 32.2. The van der Waals surface area contributed by atoms with Gasteiger partial charge in [0.25, 0.3) is 0 Å². The zero-order chi connectivity index (χ0) is 18.3. The Balaban J connectivity index is 1.97. The molecular formula is C19H27NO4S. The molecule has 0 N–H and O–H groups in total. The van der Waals surface area contributed by atoms with Crippen LogP contribution < -0.4 is 4.74 Å². The number of unbranched alkanes of at least 4 members (excludes halogenated alkanes) is 1. The Morgan fingerprint density at radius 1 is 1.32 bits per heavy atom. The van der Waals surface area contributed by atoms with Crippen molar-refractivity contribution in [2.45, 2.75) is 38.6 Å². The number of ether oxygens (including phenoxy) is 1. The number of allylic oxidation sites excluding steroid dienone is 1. The molecule has 0 aromatic heterocycles. The molecule has 1 unspecified atom stereocenters. The minimum Gasteiger partial charge on any atom is -0.497 e. The first-order chi connectivity index (χ1) is 11.9. The van der Waals surface area contributed by atoms with E-state index in [1.807, 2.05) is 30.3 Å². The number of methoxy groups -OCH3 is 1. The van der Waals surface area contributed by atoms with E-state index in [0.717, 1.165) is 24.2 Å². The van der Waals surface area contributed by atoms with Crippen molar-refractivity contribution < 1.29 is 17.9 Å². The van der Waals surface area contributed by atoms with E-state index < -0.39 is 9.84 Å². The zero-order valence-corrected chi connectivity index (χ0v) is 15.8. The highest BCUT2D eigenvalue weighted by Crippen LogP contribution is 2.19. The van der Waals surface area contributed by atoms with Gasteiger partial charge in [0.2, 0.25) is 5.91 Å². The molecule has 5 nitrogen and oxygen atoms in total. The topological polar surface area (TPSA) is 63.7 Å². The maximum absolute atomic E-state index is 12.6. The lowest BCUT2D eigenvalue weighted by Crippen LogP contribution is -2.40. The summed E-state index contributed by atoms with van der Waals surface area (Å²) >= 11 is 0. The summed E-state index contributed by atoms with van der Waals surface area (Å²) in [5.74, 6) is 0.985. The molecule has 0 spiro atoms. The van der Waals surface area contributed by atoms with E-state index in [9.17, 15) is 13.2 Å². The molecule has 138 valence electrons. The Kier molecular flexibility index (Phi) is 7.05. The number of rotatable bonds is 8. The fourth-order valence-corrected chi connectivity index (χ4v) is 4.71. The molecule has 25 heavy (non-hydrogen) atoms. The molecule has 1 atom stereocenters. The van der Waals surface area contributed by atoms with Gasteiger partial charge in [-0.3, -0.25) is 4.79 Å². The molecule has 1 amide bonds. The van der Waals surface area contributed by atoms with Crippen molar-refractivity contribution in [3.8, 4) is 5.75 Å². The Morgan fingerprint density at radius 2 is 2.04 bits per heavy atom. The summed E-state index contributed by atoms with van der Waals surface area (Å²) in [6, 6.07) is 7.52. The monoisotopic (exact) mass is 365 g/mol. The highest BCUT2D eigenvalue weighted by Gasteiger charge is 2.33. The lowest BCUT2D eigenvalue weighted by atomic mass is 10.1. The lowest BCUT2D eigenvalue weighted by Gasteiger charge is -2.27. The second-order valence-electron chi connectivity index (χ2n) is 6.40. The summed E-state index contributed by atoms with van der Waals surface area (Å²) in [7, 11) is -1.37. The minimum absolute atomic E-state index is 0.0920. The van der Waals surface area contributed by atoms with Gasteiger partial charge in [-0.25, -0.2) is 8.42 Å². The number of nitrogens with zero attached hydrogens (tertiary/aromatic N) is 1. The van der Waals surface area contributed by atoms with E-state index >= 15 is 0 Å². The molecule has 1 aliphatic rings. The quantitative estimate of drug-likeness (QED) is 0.664. The molecule has 1 aromatic carbocycles. The fraction of sp³-hybridized carbons (Fsp3) is 0.526. The van der Waals surface area contributed by atoms with E-state index in [0.29, 0.717) is 19.4 Å². The van der Waals surface area contributed by atoms with Crippen molar-refractivity contribution in [1.29, 1.82) is 0 Å². The van der Waals surface area contributed by atoms with Gasteiger partial charge in [-0.15, -0.1) is 0 Å². The standard InChI is InChI=1S/C19H27NO4S/c1-3-4-13-20(17-12-14-25(22,23)15-17)19(21)7-5-6-16-8-10-18(24-2)11-9-16/h5,7-11,17H,3-4,6,12-15H2,1-2H3. The predicted molar refractivity (Wildman–Crippen MR) is 99.5 cm³/mol. The number of benzene rings is 1. The Hall–Kier alpha value is -1.82. The zero-order valence-electron chi connectivity index (χ0n) is 15.0. The van der Waals surface area contributed by atoms with Gasteiger partial charge in [-0.1, -0.05) is 31.6 Å².